The van der Waals surface area contributed by atoms with E-state index in [-0.39, 0.29) is 5.91 Å². The lowest BCUT2D eigenvalue weighted by Gasteiger charge is -2.17. The topological polar surface area (TPSA) is 59.2 Å². The molecular weight excluding hydrogens is 338 g/mol. The van der Waals surface area contributed by atoms with Crippen LogP contribution in [0.5, 0.6) is 0 Å². The van der Waals surface area contributed by atoms with Crippen LogP contribution in [0.3, 0.4) is 0 Å². The Morgan fingerprint density at radius 3 is 2.45 bits per heavy atom. The molecule has 0 aliphatic rings. The molecule has 1 aromatic carbocycles. The Bertz CT molecular complexity index is 658. The summed E-state index contributed by atoms with van der Waals surface area (Å²) in [6, 6.07) is 8.92. The molecule has 0 spiro atoms. The highest BCUT2D eigenvalue weighted by atomic mass is 79.9. The highest BCUT2D eigenvalue weighted by molar-refractivity contribution is 9.10. The van der Waals surface area contributed by atoms with E-state index in [2.05, 4.69) is 20.9 Å². The Hall–Kier alpha value is -1.79. The second-order valence-corrected chi connectivity index (χ2v) is 5.52. The summed E-state index contributed by atoms with van der Waals surface area (Å²) < 4.78 is 0.764. The zero-order chi connectivity index (χ0) is 14.7. The minimum Gasteiger partial charge on any atom is -0.389 e. The zero-order valence-electron chi connectivity index (χ0n) is 10.7. The van der Waals surface area contributed by atoms with Crippen molar-refractivity contribution in [2.45, 2.75) is 0 Å². The quantitative estimate of drug-likeness (QED) is 0.865. The van der Waals surface area contributed by atoms with Crippen LogP contribution in [0, 0.1) is 0 Å². The maximum Gasteiger partial charge on any atom is 0.259 e. The molecule has 102 valence electrons. The van der Waals surface area contributed by atoms with Gasteiger partial charge in [-0.15, -0.1) is 0 Å². The highest BCUT2D eigenvalue weighted by Gasteiger charge is 2.14. The first-order valence-corrected chi connectivity index (χ1v) is 6.97. The zero-order valence-corrected chi connectivity index (χ0v) is 13.1. The van der Waals surface area contributed by atoms with Crippen molar-refractivity contribution in [3.63, 3.8) is 0 Å². The maximum atomic E-state index is 12.3. The fourth-order valence-electron chi connectivity index (χ4n) is 1.69. The van der Waals surface area contributed by atoms with E-state index >= 15 is 0 Å². The number of rotatable bonds is 3. The summed E-state index contributed by atoms with van der Waals surface area (Å²) >= 11 is 8.20. The van der Waals surface area contributed by atoms with Gasteiger partial charge in [0.2, 0.25) is 0 Å². The van der Waals surface area contributed by atoms with Crippen LogP contribution >= 0.6 is 28.1 Å². The number of thiocarbonyl (C=S) groups is 1. The smallest absolute Gasteiger partial charge is 0.259 e. The number of aromatic nitrogens is 1. The van der Waals surface area contributed by atoms with E-state index < -0.39 is 0 Å². The number of carbonyl (C=O) groups is 1. The van der Waals surface area contributed by atoms with Crippen LogP contribution in [0.4, 0.5) is 5.69 Å². The van der Waals surface area contributed by atoms with Crippen molar-refractivity contribution in [2.75, 3.05) is 11.9 Å². The molecule has 0 unspecified atom stereocenters. The first-order chi connectivity index (χ1) is 9.49. The van der Waals surface area contributed by atoms with E-state index in [0.717, 1.165) is 15.7 Å². The summed E-state index contributed by atoms with van der Waals surface area (Å²) in [5.74, 6) is -0.137. The number of nitrogens with two attached hydrogens (primary N) is 1. The second kappa shape index (κ2) is 6.11. The average molecular weight is 350 g/mol. The van der Waals surface area contributed by atoms with Gasteiger partial charge in [0.1, 0.15) is 4.99 Å². The number of anilines is 1. The van der Waals surface area contributed by atoms with Gasteiger partial charge in [0.15, 0.2) is 0 Å². The number of benzene rings is 1. The molecule has 20 heavy (non-hydrogen) atoms. The van der Waals surface area contributed by atoms with E-state index in [1.54, 1.807) is 48.5 Å². The van der Waals surface area contributed by atoms with E-state index in [4.69, 9.17) is 18.0 Å². The SMILES string of the molecule is CN(C(=O)c1cncc(Br)c1)c1ccc(C(N)=S)cc1. The Morgan fingerprint density at radius 2 is 1.90 bits per heavy atom. The molecule has 0 bridgehead atoms. The minimum absolute atomic E-state index is 0.137. The molecule has 1 aromatic heterocycles. The minimum atomic E-state index is -0.137. The van der Waals surface area contributed by atoms with Crippen LogP contribution in [0.15, 0.2) is 47.2 Å². The highest BCUT2D eigenvalue weighted by Crippen LogP contribution is 2.18. The third-order valence-corrected chi connectivity index (χ3v) is 3.46. The van der Waals surface area contributed by atoms with Gasteiger partial charge in [0, 0.05) is 35.2 Å². The van der Waals surface area contributed by atoms with Gasteiger partial charge in [0.05, 0.1) is 5.56 Å². The summed E-state index contributed by atoms with van der Waals surface area (Å²) in [5, 5.41) is 0. The standard InChI is InChI=1S/C14H12BrN3OS/c1-18(12-4-2-9(3-5-12)13(16)20)14(19)10-6-11(15)8-17-7-10/h2-8H,1H3,(H2,16,20). The van der Waals surface area contributed by atoms with E-state index in [0.29, 0.717) is 10.6 Å². The van der Waals surface area contributed by atoms with E-state index in [1.165, 1.54) is 6.20 Å². The molecule has 0 atom stereocenters. The number of hydrogen-bond acceptors (Lipinski definition) is 3. The summed E-state index contributed by atoms with van der Waals surface area (Å²) in [5.41, 5.74) is 7.59. The number of nitrogens with zero attached hydrogens (tertiary/aromatic N) is 2. The largest absolute Gasteiger partial charge is 0.389 e. The molecule has 6 heteroatoms. The fraction of sp³-hybridized carbons (Fsp3) is 0.0714. The van der Waals surface area contributed by atoms with E-state index in [9.17, 15) is 4.79 Å². The Labute approximate surface area is 130 Å². The Kier molecular flexibility index (Phi) is 4.46. The molecule has 0 saturated heterocycles. The molecule has 2 N–H and O–H groups in total. The van der Waals surface area contributed by atoms with Crippen molar-refractivity contribution in [1.29, 1.82) is 0 Å². The van der Waals surface area contributed by atoms with Gasteiger partial charge >= 0.3 is 0 Å². The molecule has 0 fully saturated rings. The van der Waals surface area contributed by atoms with Crippen molar-refractivity contribution < 1.29 is 4.79 Å². The lowest BCUT2D eigenvalue weighted by atomic mass is 10.2. The van der Waals surface area contributed by atoms with Crippen LogP contribution in [-0.2, 0) is 0 Å². The van der Waals surface area contributed by atoms with Crippen molar-refractivity contribution in [2.24, 2.45) is 5.73 Å². The first kappa shape index (κ1) is 14.6. The van der Waals surface area contributed by atoms with Gasteiger partial charge in [-0.2, -0.15) is 0 Å². The number of hydrogen-bond donors (Lipinski definition) is 1. The lowest BCUT2D eigenvalue weighted by molar-refractivity contribution is 0.0992. The van der Waals surface area contributed by atoms with Gasteiger partial charge < -0.3 is 10.6 Å². The molecule has 0 aliphatic carbocycles. The van der Waals surface area contributed by atoms with Crippen molar-refractivity contribution in [3.8, 4) is 0 Å². The van der Waals surface area contributed by atoms with Crippen LogP contribution in [0.2, 0.25) is 0 Å². The third kappa shape index (κ3) is 3.20. The summed E-state index contributed by atoms with van der Waals surface area (Å²) in [4.78, 5) is 18.2. The molecule has 4 nitrogen and oxygen atoms in total. The molecule has 0 radical (unpaired) electrons. The molecule has 1 heterocycles. The van der Waals surface area contributed by atoms with E-state index in [1.807, 2.05) is 0 Å². The van der Waals surface area contributed by atoms with Crippen molar-refractivity contribution in [1.82, 2.24) is 4.98 Å². The number of carbonyl (C=O) groups excluding carboxylic acids is 1. The van der Waals surface area contributed by atoms with Crippen LogP contribution in [-0.4, -0.2) is 22.9 Å². The molecule has 1 amide bonds. The van der Waals surface area contributed by atoms with Gasteiger partial charge in [-0.1, -0.05) is 12.2 Å². The third-order valence-electron chi connectivity index (χ3n) is 2.80. The second-order valence-electron chi connectivity index (χ2n) is 4.17. The number of halogens is 1. The summed E-state index contributed by atoms with van der Waals surface area (Å²) in [6.07, 6.45) is 3.17. The Balaban J connectivity index is 2.24. The predicted octanol–water partition coefficient (Wildman–Crippen LogP) is 2.75. The fourth-order valence-corrected chi connectivity index (χ4v) is 2.19. The lowest BCUT2D eigenvalue weighted by Crippen LogP contribution is -2.26. The van der Waals surface area contributed by atoms with Crippen LogP contribution in [0.1, 0.15) is 15.9 Å². The predicted molar refractivity (Wildman–Crippen MR) is 87.0 cm³/mol. The van der Waals surface area contributed by atoms with Crippen LogP contribution < -0.4 is 10.6 Å². The molecule has 2 aromatic rings. The monoisotopic (exact) mass is 349 g/mol. The average Bonchev–Trinajstić information content (AvgIpc) is 2.46. The van der Waals surface area contributed by atoms with Gasteiger partial charge in [0.25, 0.3) is 5.91 Å². The number of amides is 1. The summed E-state index contributed by atoms with van der Waals surface area (Å²) in [7, 11) is 1.71. The van der Waals surface area contributed by atoms with Gasteiger partial charge in [-0.05, 0) is 46.3 Å². The molecular formula is C14H12BrN3OS. The summed E-state index contributed by atoms with van der Waals surface area (Å²) in [6.45, 7) is 0. The van der Waals surface area contributed by atoms with Gasteiger partial charge in [-0.3, -0.25) is 9.78 Å². The molecule has 0 saturated carbocycles. The van der Waals surface area contributed by atoms with Gasteiger partial charge in [-0.25, -0.2) is 0 Å². The Morgan fingerprint density at radius 1 is 1.25 bits per heavy atom. The molecule has 0 aliphatic heterocycles. The maximum absolute atomic E-state index is 12.3. The van der Waals surface area contributed by atoms with Crippen molar-refractivity contribution in [3.05, 3.63) is 58.3 Å². The molecule has 2 rings (SSSR count). The number of pyridine rings is 1. The normalized spacial score (nSPS) is 10.1. The van der Waals surface area contributed by atoms with Crippen LogP contribution in [0.25, 0.3) is 0 Å². The van der Waals surface area contributed by atoms with Crippen molar-refractivity contribution >= 4 is 44.7 Å². The first-order valence-electron chi connectivity index (χ1n) is 5.77.